The molecule has 2 unspecified atom stereocenters. The summed E-state index contributed by atoms with van der Waals surface area (Å²) in [4.78, 5) is 28.2. The number of likely N-dealkylation sites (tertiary alicyclic amines) is 1. The van der Waals surface area contributed by atoms with Gasteiger partial charge in [0.2, 0.25) is 0 Å². The highest BCUT2D eigenvalue weighted by atomic mass is 16.5. The van der Waals surface area contributed by atoms with Crippen molar-refractivity contribution in [2.75, 3.05) is 26.2 Å². The molecule has 0 bridgehead atoms. The third kappa shape index (κ3) is 3.87. The van der Waals surface area contributed by atoms with Gasteiger partial charge in [-0.3, -0.25) is 4.79 Å². The summed E-state index contributed by atoms with van der Waals surface area (Å²) in [6, 6.07) is 9.96. The third-order valence-corrected chi connectivity index (χ3v) is 4.73. The SMILES string of the molecule is CC(OCc1ccccc1)C(=O)N1CCCC(N2CCNC2=O)C1. The van der Waals surface area contributed by atoms with Gasteiger partial charge in [0.25, 0.3) is 5.91 Å². The predicted octanol–water partition coefficient (Wildman–Crippen LogP) is 1.61. The van der Waals surface area contributed by atoms with E-state index in [2.05, 4.69) is 5.32 Å². The van der Waals surface area contributed by atoms with Crippen molar-refractivity contribution < 1.29 is 14.3 Å². The molecule has 2 heterocycles. The highest BCUT2D eigenvalue weighted by Crippen LogP contribution is 2.19. The maximum absolute atomic E-state index is 12.6. The summed E-state index contributed by atoms with van der Waals surface area (Å²) in [6.45, 7) is 5.00. The molecule has 0 aliphatic carbocycles. The molecule has 3 amide bonds. The molecule has 0 spiro atoms. The number of urea groups is 1. The van der Waals surface area contributed by atoms with E-state index >= 15 is 0 Å². The minimum Gasteiger partial charge on any atom is -0.364 e. The summed E-state index contributed by atoms with van der Waals surface area (Å²) >= 11 is 0. The summed E-state index contributed by atoms with van der Waals surface area (Å²) in [5, 5.41) is 2.83. The number of carbonyl (C=O) groups excluding carboxylic acids is 2. The van der Waals surface area contributed by atoms with Crippen LogP contribution in [-0.4, -0.2) is 60.1 Å². The Kier molecular flexibility index (Phi) is 5.35. The zero-order valence-electron chi connectivity index (χ0n) is 14.1. The topological polar surface area (TPSA) is 61.9 Å². The summed E-state index contributed by atoms with van der Waals surface area (Å²) < 4.78 is 5.74. The van der Waals surface area contributed by atoms with Crippen LogP contribution in [0.3, 0.4) is 0 Å². The number of hydrogen-bond acceptors (Lipinski definition) is 3. The molecule has 2 atom stereocenters. The van der Waals surface area contributed by atoms with E-state index in [4.69, 9.17) is 4.74 Å². The van der Waals surface area contributed by atoms with E-state index < -0.39 is 6.10 Å². The highest BCUT2D eigenvalue weighted by molar-refractivity contribution is 5.81. The molecule has 2 saturated heterocycles. The van der Waals surface area contributed by atoms with E-state index in [1.807, 2.05) is 40.1 Å². The van der Waals surface area contributed by atoms with Crippen LogP contribution < -0.4 is 5.32 Å². The first kappa shape index (κ1) is 16.8. The molecule has 130 valence electrons. The third-order valence-electron chi connectivity index (χ3n) is 4.73. The second kappa shape index (κ2) is 7.66. The molecule has 3 rings (SSSR count). The molecule has 2 fully saturated rings. The molecule has 2 aliphatic rings. The van der Waals surface area contributed by atoms with E-state index in [-0.39, 0.29) is 18.0 Å². The number of nitrogens with one attached hydrogen (secondary N) is 1. The first-order chi connectivity index (χ1) is 11.6. The number of piperidine rings is 1. The Labute approximate surface area is 142 Å². The number of rotatable bonds is 5. The molecular formula is C18H25N3O3. The minimum absolute atomic E-state index is 0.00948. The Balaban J connectivity index is 1.52. The van der Waals surface area contributed by atoms with Crippen molar-refractivity contribution in [1.29, 1.82) is 0 Å². The molecule has 1 aromatic carbocycles. The van der Waals surface area contributed by atoms with Gasteiger partial charge in [0.05, 0.1) is 12.6 Å². The van der Waals surface area contributed by atoms with E-state index in [1.165, 1.54) is 0 Å². The smallest absolute Gasteiger partial charge is 0.317 e. The molecule has 24 heavy (non-hydrogen) atoms. The van der Waals surface area contributed by atoms with Crippen LogP contribution in [0.1, 0.15) is 25.3 Å². The number of ether oxygens (including phenoxy) is 1. The normalized spacial score (nSPS) is 22.4. The van der Waals surface area contributed by atoms with Gasteiger partial charge in [0, 0.05) is 26.2 Å². The van der Waals surface area contributed by atoms with Crippen LogP contribution in [0.5, 0.6) is 0 Å². The number of hydrogen-bond donors (Lipinski definition) is 1. The van der Waals surface area contributed by atoms with Gasteiger partial charge in [-0.25, -0.2) is 4.79 Å². The lowest BCUT2D eigenvalue weighted by Crippen LogP contribution is -2.52. The number of benzene rings is 1. The Morgan fingerprint density at radius 1 is 1.33 bits per heavy atom. The van der Waals surface area contributed by atoms with Gasteiger partial charge in [-0.05, 0) is 25.3 Å². The minimum atomic E-state index is -0.476. The molecule has 0 saturated carbocycles. The van der Waals surface area contributed by atoms with Gasteiger partial charge in [0.1, 0.15) is 6.10 Å². The molecule has 0 aromatic heterocycles. The lowest BCUT2D eigenvalue weighted by molar-refractivity contribution is -0.145. The van der Waals surface area contributed by atoms with Gasteiger partial charge >= 0.3 is 6.03 Å². The van der Waals surface area contributed by atoms with E-state index in [9.17, 15) is 9.59 Å². The van der Waals surface area contributed by atoms with Crippen molar-refractivity contribution in [2.24, 2.45) is 0 Å². The van der Waals surface area contributed by atoms with Crippen molar-refractivity contribution in [3.05, 3.63) is 35.9 Å². The molecule has 1 N–H and O–H groups in total. The van der Waals surface area contributed by atoms with Crippen molar-refractivity contribution in [1.82, 2.24) is 15.1 Å². The van der Waals surface area contributed by atoms with Crippen LogP contribution >= 0.6 is 0 Å². The Hall–Kier alpha value is -2.08. The quantitative estimate of drug-likeness (QED) is 0.892. The van der Waals surface area contributed by atoms with Crippen LogP contribution in [0.2, 0.25) is 0 Å². The average molecular weight is 331 g/mol. The molecule has 2 aliphatic heterocycles. The first-order valence-corrected chi connectivity index (χ1v) is 8.64. The van der Waals surface area contributed by atoms with E-state index in [1.54, 1.807) is 6.92 Å². The molecule has 1 aromatic rings. The van der Waals surface area contributed by atoms with Crippen molar-refractivity contribution >= 4 is 11.9 Å². The maximum Gasteiger partial charge on any atom is 0.317 e. The summed E-state index contributed by atoms with van der Waals surface area (Å²) in [5.41, 5.74) is 1.06. The largest absolute Gasteiger partial charge is 0.364 e. The van der Waals surface area contributed by atoms with Crippen molar-refractivity contribution in [2.45, 2.75) is 38.5 Å². The Bertz CT molecular complexity index is 578. The highest BCUT2D eigenvalue weighted by Gasteiger charge is 2.34. The van der Waals surface area contributed by atoms with Gasteiger partial charge in [0.15, 0.2) is 0 Å². The zero-order chi connectivity index (χ0) is 16.9. The molecular weight excluding hydrogens is 306 g/mol. The van der Waals surface area contributed by atoms with Crippen LogP contribution in [0, 0.1) is 0 Å². The van der Waals surface area contributed by atoms with Crippen molar-refractivity contribution in [3.8, 4) is 0 Å². The number of amides is 3. The maximum atomic E-state index is 12.6. The van der Waals surface area contributed by atoms with Crippen LogP contribution in [-0.2, 0) is 16.1 Å². The number of nitrogens with zero attached hydrogens (tertiary/aromatic N) is 2. The van der Waals surface area contributed by atoms with Gasteiger partial charge in [-0.15, -0.1) is 0 Å². The number of carbonyl (C=O) groups is 2. The standard InChI is InChI=1S/C18H25N3O3/c1-14(24-13-15-6-3-2-4-7-15)17(22)20-10-5-8-16(12-20)21-11-9-19-18(21)23/h2-4,6-7,14,16H,5,8-13H2,1H3,(H,19,23). The van der Waals surface area contributed by atoms with E-state index in [0.29, 0.717) is 19.7 Å². The Morgan fingerprint density at radius 3 is 2.83 bits per heavy atom. The lowest BCUT2D eigenvalue weighted by atomic mass is 10.0. The zero-order valence-corrected chi connectivity index (χ0v) is 14.1. The second-order valence-electron chi connectivity index (χ2n) is 6.44. The first-order valence-electron chi connectivity index (χ1n) is 8.64. The van der Waals surface area contributed by atoms with E-state index in [0.717, 1.165) is 31.5 Å². The van der Waals surface area contributed by atoms with Gasteiger partial charge in [-0.2, -0.15) is 0 Å². The monoisotopic (exact) mass is 331 g/mol. The van der Waals surface area contributed by atoms with Gasteiger partial charge < -0.3 is 19.9 Å². The van der Waals surface area contributed by atoms with Gasteiger partial charge in [-0.1, -0.05) is 30.3 Å². The lowest BCUT2D eigenvalue weighted by Gasteiger charge is -2.38. The Morgan fingerprint density at radius 2 is 2.12 bits per heavy atom. The fraction of sp³-hybridized carbons (Fsp3) is 0.556. The summed E-state index contributed by atoms with van der Waals surface area (Å²) in [6.07, 6.45) is 1.40. The predicted molar refractivity (Wildman–Crippen MR) is 90.4 cm³/mol. The average Bonchev–Trinajstić information content (AvgIpc) is 3.06. The van der Waals surface area contributed by atoms with Crippen LogP contribution in [0.15, 0.2) is 30.3 Å². The second-order valence-corrected chi connectivity index (χ2v) is 6.44. The molecule has 6 nitrogen and oxygen atoms in total. The fourth-order valence-corrected chi connectivity index (χ4v) is 3.37. The van der Waals surface area contributed by atoms with Crippen molar-refractivity contribution in [3.63, 3.8) is 0 Å². The van der Waals surface area contributed by atoms with Crippen LogP contribution in [0.4, 0.5) is 4.79 Å². The summed E-state index contributed by atoms with van der Waals surface area (Å²) in [7, 11) is 0. The molecule has 6 heteroatoms. The fourth-order valence-electron chi connectivity index (χ4n) is 3.37. The van der Waals surface area contributed by atoms with Crippen LogP contribution in [0.25, 0.3) is 0 Å². The molecule has 0 radical (unpaired) electrons. The summed E-state index contributed by atoms with van der Waals surface area (Å²) in [5.74, 6) is 0.00948.